The first-order valence-corrected chi connectivity index (χ1v) is 10.4. The van der Waals surface area contributed by atoms with Gasteiger partial charge in [-0.3, -0.25) is 14.4 Å². The highest BCUT2D eigenvalue weighted by molar-refractivity contribution is 5.99. The van der Waals surface area contributed by atoms with Gasteiger partial charge >= 0.3 is 5.97 Å². The van der Waals surface area contributed by atoms with Gasteiger partial charge in [-0.15, -0.1) is 0 Å². The van der Waals surface area contributed by atoms with Crippen molar-refractivity contribution in [1.82, 2.24) is 9.80 Å². The summed E-state index contributed by atoms with van der Waals surface area (Å²) in [5.41, 5.74) is -2.85. The first kappa shape index (κ1) is 21.1. The zero-order valence-corrected chi connectivity index (χ0v) is 18.1. The van der Waals surface area contributed by atoms with Crippen LogP contribution in [0.5, 0.6) is 0 Å². The Morgan fingerprint density at radius 3 is 2.50 bits per heavy atom. The highest BCUT2D eigenvalue weighted by Gasteiger charge is 2.75. The zero-order chi connectivity index (χ0) is 22.1. The molecule has 8 nitrogen and oxygen atoms in total. The molecule has 0 saturated carbocycles. The topological polar surface area (TPSA) is 96.4 Å². The number of ether oxygens (including phenoxy) is 2. The predicted octanol–water partition coefficient (Wildman–Crippen LogP) is 0.648. The van der Waals surface area contributed by atoms with E-state index < -0.39 is 46.6 Å². The maximum absolute atomic E-state index is 13.8. The number of hydrogen-bond donors (Lipinski definition) is 1. The molecular formula is C22H30N2O6. The van der Waals surface area contributed by atoms with E-state index in [1.165, 1.54) is 4.90 Å². The number of rotatable bonds is 2. The fraction of sp³-hybridized carbons (Fsp3) is 0.682. The molecule has 4 aliphatic rings. The van der Waals surface area contributed by atoms with Gasteiger partial charge in [-0.25, -0.2) is 0 Å². The van der Waals surface area contributed by atoms with Gasteiger partial charge in [0.15, 0.2) is 0 Å². The van der Waals surface area contributed by atoms with Crippen molar-refractivity contribution < 1.29 is 29.0 Å². The number of hydrogen-bond acceptors (Lipinski definition) is 6. The fourth-order valence-electron chi connectivity index (χ4n) is 5.46. The van der Waals surface area contributed by atoms with Gasteiger partial charge in [0.1, 0.15) is 24.2 Å². The van der Waals surface area contributed by atoms with Crippen molar-refractivity contribution in [2.45, 2.75) is 63.4 Å². The number of nitrogens with zero attached hydrogens (tertiary/aromatic N) is 2. The summed E-state index contributed by atoms with van der Waals surface area (Å²) in [5.74, 6) is -2.90. The summed E-state index contributed by atoms with van der Waals surface area (Å²) in [6, 6.07) is -1.57. The second-order valence-electron chi connectivity index (χ2n) is 9.83. The molecule has 4 rings (SSSR count). The van der Waals surface area contributed by atoms with Crippen LogP contribution in [0.25, 0.3) is 0 Å². The monoisotopic (exact) mass is 418 g/mol. The number of likely N-dealkylation sites (tertiary alicyclic amines) is 1. The summed E-state index contributed by atoms with van der Waals surface area (Å²) in [4.78, 5) is 43.6. The molecule has 6 atom stereocenters. The van der Waals surface area contributed by atoms with Crippen molar-refractivity contribution in [3.05, 3.63) is 24.3 Å². The first-order valence-electron chi connectivity index (χ1n) is 10.4. The summed E-state index contributed by atoms with van der Waals surface area (Å²) in [6.45, 7) is 9.46. The third-order valence-corrected chi connectivity index (χ3v) is 6.80. The molecule has 164 valence electrons. The van der Waals surface area contributed by atoms with Gasteiger partial charge in [0, 0.05) is 12.1 Å². The van der Waals surface area contributed by atoms with Gasteiger partial charge in [-0.05, 0) is 40.7 Å². The van der Waals surface area contributed by atoms with Crippen molar-refractivity contribution in [1.29, 1.82) is 0 Å². The minimum absolute atomic E-state index is 0.120. The molecule has 1 unspecified atom stereocenters. The molecule has 1 N–H and O–H groups in total. The van der Waals surface area contributed by atoms with Crippen LogP contribution >= 0.6 is 0 Å². The molecule has 0 aliphatic carbocycles. The second kappa shape index (κ2) is 6.65. The lowest BCUT2D eigenvalue weighted by molar-refractivity contribution is -0.160. The van der Waals surface area contributed by atoms with E-state index in [2.05, 4.69) is 0 Å². The highest BCUT2D eigenvalue weighted by Crippen LogP contribution is 2.57. The van der Waals surface area contributed by atoms with Gasteiger partial charge in [0.05, 0.1) is 24.2 Å². The normalized spacial score (nSPS) is 39.3. The molecule has 2 fully saturated rings. The summed E-state index contributed by atoms with van der Waals surface area (Å²) in [5, 5.41) is 9.85. The van der Waals surface area contributed by atoms with Gasteiger partial charge < -0.3 is 24.4 Å². The average molecular weight is 418 g/mol. The minimum Gasteiger partial charge on any atom is -0.461 e. The Balaban J connectivity index is 1.92. The molecule has 0 bridgehead atoms. The zero-order valence-electron chi connectivity index (χ0n) is 18.1. The second-order valence-corrected chi connectivity index (χ2v) is 9.83. The van der Waals surface area contributed by atoms with Crippen LogP contribution in [0, 0.1) is 11.8 Å². The number of fused-ring (bicyclic) bond motifs is 2. The SMILES string of the molecule is C[C@H](CO)N1C(=O)[C@@H]2[C@H]3C(=O)OCC=C[C@@]3(C)O[C@@]23C=CCN(C(C)(C)C)C(=O)C13. The van der Waals surface area contributed by atoms with Gasteiger partial charge in [0.25, 0.3) is 0 Å². The van der Waals surface area contributed by atoms with Crippen LogP contribution in [-0.4, -0.2) is 81.3 Å². The Hall–Kier alpha value is -2.19. The van der Waals surface area contributed by atoms with E-state index in [1.807, 2.05) is 26.8 Å². The van der Waals surface area contributed by atoms with E-state index in [-0.39, 0.29) is 25.0 Å². The average Bonchev–Trinajstić information content (AvgIpc) is 2.91. The van der Waals surface area contributed by atoms with Crippen LogP contribution in [0.2, 0.25) is 0 Å². The minimum atomic E-state index is -1.31. The molecule has 2 saturated heterocycles. The van der Waals surface area contributed by atoms with Gasteiger partial charge in [0.2, 0.25) is 11.8 Å². The van der Waals surface area contributed by atoms with Crippen molar-refractivity contribution >= 4 is 17.8 Å². The molecule has 2 amide bonds. The van der Waals surface area contributed by atoms with Gasteiger partial charge in [-0.1, -0.05) is 18.2 Å². The van der Waals surface area contributed by atoms with Crippen LogP contribution in [0.4, 0.5) is 0 Å². The fourth-order valence-corrected chi connectivity index (χ4v) is 5.46. The van der Waals surface area contributed by atoms with E-state index in [9.17, 15) is 19.5 Å². The molecule has 0 radical (unpaired) electrons. The molecule has 0 aromatic carbocycles. The quantitative estimate of drug-likeness (QED) is 0.523. The Kier molecular flexibility index (Phi) is 4.67. The third-order valence-electron chi connectivity index (χ3n) is 6.80. The van der Waals surface area contributed by atoms with Crippen molar-refractivity contribution in [3.63, 3.8) is 0 Å². The maximum Gasteiger partial charge on any atom is 0.313 e. The van der Waals surface area contributed by atoms with Gasteiger partial charge in [-0.2, -0.15) is 0 Å². The summed E-state index contributed by atoms with van der Waals surface area (Å²) in [6.07, 6.45) is 7.12. The van der Waals surface area contributed by atoms with E-state index in [1.54, 1.807) is 37.0 Å². The van der Waals surface area contributed by atoms with E-state index in [0.29, 0.717) is 6.54 Å². The summed E-state index contributed by atoms with van der Waals surface area (Å²) >= 11 is 0. The first-order chi connectivity index (χ1) is 14.0. The van der Waals surface area contributed by atoms with E-state index in [4.69, 9.17) is 9.47 Å². The molecule has 4 heterocycles. The molecule has 0 aromatic heterocycles. The lowest BCUT2D eigenvalue weighted by Crippen LogP contribution is -2.60. The molecule has 4 aliphatic heterocycles. The summed E-state index contributed by atoms with van der Waals surface area (Å²) in [7, 11) is 0. The smallest absolute Gasteiger partial charge is 0.313 e. The van der Waals surface area contributed by atoms with E-state index >= 15 is 0 Å². The van der Waals surface area contributed by atoms with Crippen LogP contribution < -0.4 is 0 Å². The number of carbonyl (C=O) groups excluding carboxylic acids is 3. The lowest BCUT2D eigenvalue weighted by Gasteiger charge is -2.42. The lowest BCUT2D eigenvalue weighted by atomic mass is 9.74. The van der Waals surface area contributed by atoms with Crippen molar-refractivity contribution in [2.75, 3.05) is 19.8 Å². The van der Waals surface area contributed by atoms with Crippen molar-refractivity contribution in [2.24, 2.45) is 11.8 Å². The highest BCUT2D eigenvalue weighted by atomic mass is 16.6. The van der Waals surface area contributed by atoms with Crippen LogP contribution in [-0.2, 0) is 23.9 Å². The number of amides is 2. The molecule has 8 heteroatoms. The molecule has 30 heavy (non-hydrogen) atoms. The standard InChI is InChI=1S/C22H30N2O6/c1-13(12-25)24-16-18(27)23(20(2,3)4)10-6-9-22(16)14(17(24)26)15-19(28)29-11-7-8-21(15,5)30-22/h6-9,13-16,25H,10-12H2,1-5H3/t13-,14+,15+,16?,21-,22+/m1/s1. The Labute approximate surface area is 176 Å². The van der Waals surface area contributed by atoms with Crippen LogP contribution in [0.1, 0.15) is 34.6 Å². The number of cyclic esters (lactones) is 1. The Morgan fingerprint density at radius 1 is 1.17 bits per heavy atom. The van der Waals surface area contributed by atoms with E-state index in [0.717, 1.165) is 0 Å². The molecule has 1 spiro atoms. The van der Waals surface area contributed by atoms with Crippen molar-refractivity contribution in [3.8, 4) is 0 Å². The molecule has 0 aromatic rings. The maximum atomic E-state index is 13.8. The largest absolute Gasteiger partial charge is 0.461 e. The van der Waals surface area contributed by atoms with Crippen LogP contribution in [0.3, 0.4) is 0 Å². The molecular weight excluding hydrogens is 388 g/mol. The Bertz CT molecular complexity index is 845. The Morgan fingerprint density at radius 2 is 1.87 bits per heavy atom. The number of carbonyl (C=O) groups is 3. The number of esters is 1. The summed E-state index contributed by atoms with van der Waals surface area (Å²) < 4.78 is 11.9. The third kappa shape index (κ3) is 2.69. The number of aliphatic hydroxyl groups is 1. The van der Waals surface area contributed by atoms with Crippen LogP contribution in [0.15, 0.2) is 24.3 Å². The predicted molar refractivity (Wildman–Crippen MR) is 107 cm³/mol. The number of aliphatic hydroxyl groups excluding tert-OH is 1.